The Labute approximate surface area is 107 Å². The maximum absolute atomic E-state index is 3.48. The highest BCUT2D eigenvalue weighted by Crippen LogP contribution is 2.16. The molecule has 1 nitrogen and oxygen atoms in total. The smallest absolute Gasteiger partial charge is 0.0475 e. The van der Waals surface area contributed by atoms with E-state index >= 15 is 0 Å². The fourth-order valence-electron chi connectivity index (χ4n) is 1.56. The average molecular weight is 317 g/mol. The number of rotatable bonds is 7. The normalized spacial score (nSPS) is 10.3. The summed E-state index contributed by atoms with van der Waals surface area (Å²) in [6.45, 7) is 3.36. The van der Waals surface area contributed by atoms with Crippen molar-refractivity contribution in [3.63, 3.8) is 0 Å². The molecular weight excluding hydrogens is 297 g/mol. The van der Waals surface area contributed by atoms with Crippen molar-refractivity contribution in [1.82, 2.24) is 0 Å². The first-order valence-electron chi connectivity index (χ1n) is 5.83. The van der Waals surface area contributed by atoms with E-state index in [2.05, 4.69) is 59.1 Å². The monoisotopic (exact) mass is 317 g/mol. The highest BCUT2D eigenvalue weighted by Gasteiger charge is 1.95. The first-order chi connectivity index (χ1) is 7.34. The van der Waals surface area contributed by atoms with Crippen molar-refractivity contribution in [2.45, 2.75) is 39.0 Å². The Morgan fingerprint density at radius 1 is 1.07 bits per heavy atom. The van der Waals surface area contributed by atoms with Crippen LogP contribution in [0.5, 0.6) is 0 Å². The van der Waals surface area contributed by atoms with E-state index in [4.69, 9.17) is 0 Å². The fourth-order valence-corrected chi connectivity index (χ4v) is 2.13. The lowest BCUT2D eigenvalue weighted by Gasteiger charge is -2.07. The quantitative estimate of drug-likeness (QED) is 0.569. The van der Waals surface area contributed by atoms with Crippen LogP contribution in [0.25, 0.3) is 0 Å². The molecule has 15 heavy (non-hydrogen) atoms. The molecule has 1 rings (SSSR count). The fraction of sp³-hybridized carbons (Fsp3) is 0.538. The van der Waals surface area contributed by atoms with E-state index in [1.807, 2.05) is 0 Å². The van der Waals surface area contributed by atoms with Gasteiger partial charge in [0, 0.05) is 15.8 Å². The highest BCUT2D eigenvalue weighted by atomic mass is 127. The van der Waals surface area contributed by atoms with Crippen LogP contribution < -0.4 is 5.32 Å². The summed E-state index contributed by atoms with van der Waals surface area (Å²) in [5.41, 5.74) is 1.27. The van der Waals surface area contributed by atoms with Crippen molar-refractivity contribution in [1.29, 1.82) is 0 Å². The zero-order valence-electron chi connectivity index (χ0n) is 9.43. The third-order valence-electron chi connectivity index (χ3n) is 2.47. The Kier molecular flexibility index (Phi) is 6.81. The van der Waals surface area contributed by atoms with Gasteiger partial charge < -0.3 is 5.32 Å². The van der Waals surface area contributed by atoms with Gasteiger partial charge in [0.1, 0.15) is 0 Å². The van der Waals surface area contributed by atoms with Gasteiger partial charge in [0.05, 0.1) is 0 Å². The number of hydrogen-bond donors (Lipinski definition) is 1. The number of anilines is 1. The topological polar surface area (TPSA) is 12.0 Å². The van der Waals surface area contributed by atoms with Crippen LogP contribution in [0.15, 0.2) is 24.3 Å². The van der Waals surface area contributed by atoms with Crippen LogP contribution in [0.2, 0.25) is 0 Å². The molecule has 0 aromatic heterocycles. The Balaban J connectivity index is 2.12. The van der Waals surface area contributed by atoms with Gasteiger partial charge in [0.25, 0.3) is 0 Å². The van der Waals surface area contributed by atoms with Gasteiger partial charge in [0.2, 0.25) is 0 Å². The van der Waals surface area contributed by atoms with Crippen LogP contribution in [0.1, 0.15) is 39.0 Å². The van der Waals surface area contributed by atoms with Gasteiger partial charge in [-0.15, -0.1) is 0 Å². The highest BCUT2D eigenvalue weighted by molar-refractivity contribution is 14.1. The molecule has 0 spiro atoms. The molecule has 0 aliphatic carbocycles. The first kappa shape index (κ1) is 12.8. The Bertz CT molecular complexity index is 273. The van der Waals surface area contributed by atoms with Crippen LogP contribution in [-0.4, -0.2) is 6.54 Å². The van der Waals surface area contributed by atoms with Crippen LogP contribution in [0, 0.1) is 3.57 Å². The van der Waals surface area contributed by atoms with E-state index in [1.165, 1.54) is 41.4 Å². The van der Waals surface area contributed by atoms with Crippen LogP contribution in [0.4, 0.5) is 5.69 Å². The van der Waals surface area contributed by atoms with E-state index in [0.29, 0.717) is 0 Å². The molecule has 1 N–H and O–H groups in total. The molecule has 1 aromatic carbocycles. The molecule has 0 amide bonds. The Morgan fingerprint density at radius 3 is 2.53 bits per heavy atom. The number of benzene rings is 1. The molecule has 0 heterocycles. The number of hydrogen-bond acceptors (Lipinski definition) is 1. The molecule has 84 valence electrons. The lowest BCUT2D eigenvalue weighted by molar-refractivity contribution is 0.645. The summed E-state index contributed by atoms with van der Waals surface area (Å²) in [5.74, 6) is 0. The lowest BCUT2D eigenvalue weighted by Crippen LogP contribution is -2.02. The third kappa shape index (κ3) is 5.40. The van der Waals surface area contributed by atoms with Gasteiger partial charge in [-0.1, -0.05) is 44.7 Å². The number of para-hydroxylation sites is 1. The van der Waals surface area contributed by atoms with Crippen molar-refractivity contribution in [3.05, 3.63) is 27.8 Å². The molecule has 0 bridgehead atoms. The van der Waals surface area contributed by atoms with Crippen molar-refractivity contribution in [2.75, 3.05) is 11.9 Å². The van der Waals surface area contributed by atoms with Crippen molar-refractivity contribution in [3.8, 4) is 0 Å². The van der Waals surface area contributed by atoms with Crippen molar-refractivity contribution >= 4 is 28.3 Å². The molecule has 0 atom stereocenters. The second kappa shape index (κ2) is 7.97. The maximum atomic E-state index is 3.48. The van der Waals surface area contributed by atoms with Gasteiger partial charge in [-0.05, 0) is 41.1 Å². The van der Waals surface area contributed by atoms with E-state index in [-0.39, 0.29) is 0 Å². The zero-order chi connectivity index (χ0) is 10.9. The van der Waals surface area contributed by atoms with Crippen LogP contribution in [0.3, 0.4) is 0 Å². The summed E-state index contributed by atoms with van der Waals surface area (Å²) >= 11 is 2.37. The molecule has 0 aliphatic heterocycles. The second-order valence-electron chi connectivity index (χ2n) is 3.82. The minimum atomic E-state index is 1.10. The minimum Gasteiger partial charge on any atom is -0.384 e. The average Bonchev–Trinajstić information content (AvgIpc) is 2.25. The standard InChI is InChI=1S/C13H20IN/c1-2-3-4-5-8-11-15-13-10-7-6-9-12(13)14/h6-7,9-10,15H,2-5,8,11H2,1H3. The van der Waals surface area contributed by atoms with Crippen molar-refractivity contribution < 1.29 is 0 Å². The van der Waals surface area contributed by atoms with Crippen LogP contribution >= 0.6 is 22.6 Å². The minimum absolute atomic E-state index is 1.10. The molecule has 0 aliphatic rings. The lowest BCUT2D eigenvalue weighted by atomic mass is 10.1. The largest absolute Gasteiger partial charge is 0.384 e. The first-order valence-corrected chi connectivity index (χ1v) is 6.91. The molecule has 0 saturated heterocycles. The van der Waals surface area contributed by atoms with Crippen molar-refractivity contribution in [2.24, 2.45) is 0 Å². The number of nitrogens with one attached hydrogen (secondary N) is 1. The van der Waals surface area contributed by atoms with Gasteiger partial charge in [-0.3, -0.25) is 0 Å². The second-order valence-corrected chi connectivity index (χ2v) is 4.98. The molecule has 0 radical (unpaired) electrons. The van der Waals surface area contributed by atoms with Crippen LogP contribution in [-0.2, 0) is 0 Å². The molecule has 1 aromatic rings. The number of unbranched alkanes of at least 4 members (excludes halogenated alkanes) is 4. The summed E-state index contributed by atoms with van der Waals surface area (Å²) in [7, 11) is 0. The predicted octanol–water partition coefficient (Wildman–Crippen LogP) is 4.67. The van der Waals surface area contributed by atoms with E-state index in [1.54, 1.807) is 0 Å². The van der Waals surface area contributed by atoms with E-state index < -0.39 is 0 Å². The Hall–Kier alpha value is -0.250. The van der Waals surface area contributed by atoms with Gasteiger partial charge in [-0.25, -0.2) is 0 Å². The van der Waals surface area contributed by atoms with Gasteiger partial charge in [0.15, 0.2) is 0 Å². The summed E-state index contributed by atoms with van der Waals surface area (Å²) < 4.78 is 1.31. The summed E-state index contributed by atoms with van der Waals surface area (Å²) in [6, 6.07) is 8.45. The Morgan fingerprint density at radius 2 is 1.80 bits per heavy atom. The van der Waals surface area contributed by atoms with E-state index in [0.717, 1.165) is 6.54 Å². The molecule has 0 saturated carbocycles. The summed E-state index contributed by atoms with van der Waals surface area (Å²) in [5, 5.41) is 3.48. The number of halogens is 1. The predicted molar refractivity (Wildman–Crippen MR) is 76.4 cm³/mol. The SMILES string of the molecule is CCCCCCCNc1ccccc1I. The zero-order valence-corrected chi connectivity index (χ0v) is 11.6. The van der Waals surface area contributed by atoms with E-state index in [9.17, 15) is 0 Å². The molecule has 0 unspecified atom stereocenters. The molecule has 2 heteroatoms. The summed E-state index contributed by atoms with van der Waals surface area (Å²) in [6.07, 6.45) is 6.71. The third-order valence-corrected chi connectivity index (χ3v) is 3.41. The maximum Gasteiger partial charge on any atom is 0.0475 e. The van der Waals surface area contributed by atoms with Gasteiger partial charge in [-0.2, -0.15) is 0 Å². The molecule has 0 fully saturated rings. The molecular formula is C13H20IN. The van der Waals surface area contributed by atoms with Gasteiger partial charge >= 0.3 is 0 Å². The summed E-state index contributed by atoms with van der Waals surface area (Å²) in [4.78, 5) is 0.